The topological polar surface area (TPSA) is 35.2 Å². The van der Waals surface area contributed by atoms with Crippen LogP contribution < -0.4 is 10.5 Å². The minimum absolute atomic E-state index is 0.104. The zero-order chi connectivity index (χ0) is 13.8. The SMILES string of the molecule is CCCOc1ccc(C(N)c2cc(Br)c(Br)s2)cc1. The summed E-state index contributed by atoms with van der Waals surface area (Å²) in [6.45, 7) is 2.84. The minimum Gasteiger partial charge on any atom is -0.494 e. The lowest BCUT2D eigenvalue weighted by Crippen LogP contribution is -2.10. The van der Waals surface area contributed by atoms with E-state index in [-0.39, 0.29) is 6.04 Å². The standard InChI is InChI=1S/C14H15Br2NOS/c1-2-7-18-10-5-3-9(4-6-10)13(17)12-8-11(15)14(16)19-12/h3-6,8,13H,2,7,17H2,1H3. The first-order valence-electron chi connectivity index (χ1n) is 6.05. The number of halogens is 2. The summed E-state index contributed by atoms with van der Waals surface area (Å²) in [6, 6.07) is 9.95. The summed E-state index contributed by atoms with van der Waals surface area (Å²) in [4.78, 5) is 1.13. The first-order valence-corrected chi connectivity index (χ1v) is 8.45. The van der Waals surface area contributed by atoms with Gasteiger partial charge in [-0.2, -0.15) is 0 Å². The Balaban J connectivity index is 2.13. The van der Waals surface area contributed by atoms with E-state index in [1.54, 1.807) is 11.3 Å². The van der Waals surface area contributed by atoms with Crippen LogP contribution in [0.3, 0.4) is 0 Å². The normalized spacial score (nSPS) is 12.4. The molecule has 0 aliphatic rings. The van der Waals surface area contributed by atoms with Crippen molar-refractivity contribution in [3.63, 3.8) is 0 Å². The Labute approximate surface area is 134 Å². The van der Waals surface area contributed by atoms with E-state index in [4.69, 9.17) is 10.5 Å². The molecule has 0 spiro atoms. The molecule has 0 amide bonds. The molecule has 0 aliphatic carbocycles. The molecule has 0 aliphatic heterocycles. The summed E-state index contributed by atoms with van der Waals surface area (Å²) < 4.78 is 7.68. The van der Waals surface area contributed by atoms with Crippen LogP contribution in [0.2, 0.25) is 0 Å². The summed E-state index contributed by atoms with van der Waals surface area (Å²) in [5, 5.41) is 0. The Morgan fingerprint density at radius 3 is 2.47 bits per heavy atom. The Kier molecular flexibility index (Phi) is 5.45. The summed E-state index contributed by atoms with van der Waals surface area (Å²) in [5.74, 6) is 0.895. The highest BCUT2D eigenvalue weighted by Crippen LogP contribution is 2.36. The maximum atomic E-state index is 6.28. The van der Waals surface area contributed by atoms with Crippen LogP contribution >= 0.6 is 43.2 Å². The van der Waals surface area contributed by atoms with Gasteiger partial charge in [-0.1, -0.05) is 19.1 Å². The van der Waals surface area contributed by atoms with Gasteiger partial charge in [0.15, 0.2) is 0 Å². The van der Waals surface area contributed by atoms with Gasteiger partial charge in [0.1, 0.15) is 5.75 Å². The maximum absolute atomic E-state index is 6.28. The van der Waals surface area contributed by atoms with Crippen LogP contribution in [0.25, 0.3) is 0 Å². The van der Waals surface area contributed by atoms with Crippen LogP contribution in [-0.2, 0) is 0 Å². The fraction of sp³-hybridized carbons (Fsp3) is 0.286. The predicted molar refractivity (Wildman–Crippen MR) is 88.0 cm³/mol. The number of thiophene rings is 1. The highest BCUT2D eigenvalue weighted by molar-refractivity contribution is 9.13. The fourth-order valence-corrected chi connectivity index (χ4v) is 3.79. The molecule has 2 N–H and O–H groups in total. The van der Waals surface area contributed by atoms with Gasteiger partial charge >= 0.3 is 0 Å². The molecule has 1 unspecified atom stereocenters. The maximum Gasteiger partial charge on any atom is 0.119 e. The minimum atomic E-state index is -0.104. The summed E-state index contributed by atoms with van der Waals surface area (Å²) in [6.07, 6.45) is 1.01. The highest BCUT2D eigenvalue weighted by Gasteiger charge is 2.13. The van der Waals surface area contributed by atoms with Gasteiger partial charge in [-0.15, -0.1) is 11.3 Å². The van der Waals surface area contributed by atoms with Crippen molar-refractivity contribution in [3.05, 3.63) is 49.0 Å². The largest absolute Gasteiger partial charge is 0.494 e. The second kappa shape index (κ2) is 6.88. The van der Waals surface area contributed by atoms with Crippen LogP contribution in [0.1, 0.15) is 29.8 Å². The van der Waals surface area contributed by atoms with Crippen molar-refractivity contribution in [2.24, 2.45) is 5.73 Å². The molecule has 0 radical (unpaired) electrons. The van der Waals surface area contributed by atoms with Gasteiger partial charge in [0.25, 0.3) is 0 Å². The second-order valence-electron chi connectivity index (χ2n) is 4.17. The van der Waals surface area contributed by atoms with Gasteiger partial charge in [-0.3, -0.25) is 0 Å². The third-order valence-electron chi connectivity index (χ3n) is 2.68. The van der Waals surface area contributed by atoms with Crippen molar-refractivity contribution in [2.75, 3.05) is 6.61 Å². The zero-order valence-electron chi connectivity index (χ0n) is 10.5. The van der Waals surface area contributed by atoms with E-state index >= 15 is 0 Å². The average molecular weight is 405 g/mol. The van der Waals surface area contributed by atoms with Gasteiger partial charge in [0.05, 0.1) is 16.4 Å². The smallest absolute Gasteiger partial charge is 0.119 e. The number of hydrogen-bond donors (Lipinski definition) is 1. The molecule has 5 heteroatoms. The zero-order valence-corrected chi connectivity index (χ0v) is 14.5. The monoisotopic (exact) mass is 403 g/mol. The number of rotatable bonds is 5. The van der Waals surface area contributed by atoms with Gasteiger partial charge in [-0.25, -0.2) is 0 Å². The lowest BCUT2D eigenvalue weighted by molar-refractivity contribution is 0.317. The van der Waals surface area contributed by atoms with E-state index in [2.05, 4.69) is 44.8 Å². The molecule has 1 aromatic heterocycles. The molecule has 2 nitrogen and oxygen atoms in total. The number of benzene rings is 1. The molecule has 1 atom stereocenters. The molecular weight excluding hydrogens is 390 g/mol. The quantitative estimate of drug-likeness (QED) is 0.751. The molecule has 0 saturated heterocycles. The van der Waals surface area contributed by atoms with E-state index < -0.39 is 0 Å². The van der Waals surface area contributed by atoms with E-state index in [1.165, 1.54) is 0 Å². The van der Waals surface area contributed by atoms with Crippen LogP contribution in [-0.4, -0.2) is 6.61 Å². The van der Waals surface area contributed by atoms with Gasteiger partial charge in [-0.05, 0) is 62.0 Å². The van der Waals surface area contributed by atoms with Crippen molar-refractivity contribution in [1.29, 1.82) is 0 Å². The fourth-order valence-electron chi connectivity index (χ4n) is 1.67. The molecular formula is C14H15Br2NOS. The first kappa shape index (κ1) is 15.0. The van der Waals surface area contributed by atoms with E-state index in [0.29, 0.717) is 0 Å². The molecule has 0 fully saturated rings. The first-order chi connectivity index (χ1) is 9.11. The molecule has 1 heterocycles. The lowest BCUT2D eigenvalue weighted by atomic mass is 10.1. The lowest BCUT2D eigenvalue weighted by Gasteiger charge is -2.11. The van der Waals surface area contributed by atoms with Gasteiger partial charge in [0.2, 0.25) is 0 Å². The van der Waals surface area contributed by atoms with Crippen molar-refractivity contribution in [2.45, 2.75) is 19.4 Å². The number of hydrogen-bond acceptors (Lipinski definition) is 3. The Bertz CT molecular complexity index is 519. The van der Waals surface area contributed by atoms with Crippen LogP contribution in [0.5, 0.6) is 5.75 Å². The molecule has 2 rings (SSSR count). The summed E-state index contributed by atoms with van der Waals surface area (Å²) in [7, 11) is 0. The molecule has 0 saturated carbocycles. The van der Waals surface area contributed by atoms with Crippen molar-refractivity contribution in [1.82, 2.24) is 0 Å². The summed E-state index contributed by atoms with van der Waals surface area (Å²) >= 11 is 8.63. The Morgan fingerprint density at radius 1 is 1.26 bits per heavy atom. The number of nitrogens with two attached hydrogens (primary N) is 1. The summed E-state index contributed by atoms with van der Waals surface area (Å²) in [5.41, 5.74) is 7.36. The van der Waals surface area contributed by atoms with E-state index in [9.17, 15) is 0 Å². The van der Waals surface area contributed by atoms with Crippen molar-refractivity contribution in [3.8, 4) is 5.75 Å². The molecule has 2 aromatic rings. The van der Waals surface area contributed by atoms with Crippen LogP contribution in [0.15, 0.2) is 38.6 Å². The Morgan fingerprint density at radius 2 is 1.95 bits per heavy atom. The van der Waals surface area contributed by atoms with Crippen molar-refractivity contribution >= 4 is 43.2 Å². The van der Waals surface area contributed by atoms with E-state index in [1.807, 2.05) is 24.3 Å². The predicted octanol–water partition coefficient (Wildman–Crippen LogP) is 5.11. The second-order valence-corrected chi connectivity index (χ2v) is 7.42. The van der Waals surface area contributed by atoms with Gasteiger partial charge in [0, 0.05) is 9.35 Å². The molecule has 19 heavy (non-hydrogen) atoms. The Hall–Kier alpha value is -0.360. The molecule has 0 bridgehead atoms. The van der Waals surface area contributed by atoms with Gasteiger partial charge < -0.3 is 10.5 Å². The molecule has 102 valence electrons. The third kappa shape index (κ3) is 3.81. The molecule has 1 aromatic carbocycles. The average Bonchev–Trinajstić information content (AvgIpc) is 2.76. The van der Waals surface area contributed by atoms with E-state index in [0.717, 1.165) is 37.5 Å². The number of ether oxygens (including phenoxy) is 1. The van der Waals surface area contributed by atoms with Crippen LogP contribution in [0.4, 0.5) is 0 Å². The third-order valence-corrected chi connectivity index (χ3v) is 6.02. The van der Waals surface area contributed by atoms with Crippen molar-refractivity contribution < 1.29 is 4.74 Å². The highest BCUT2D eigenvalue weighted by atomic mass is 79.9. The van der Waals surface area contributed by atoms with Crippen LogP contribution in [0, 0.1) is 0 Å².